The first-order chi connectivity index (χ1) is 10.6. The summed E-state index contributed by atoms with van der Waals surface area (Å²) in [5.74, 6) is 0.0241. The molecule has 0 aliphatic heterocycles. The van der Waals surface area contributed by atoms with Crippen molar-refractivity contribution in [2.75, 3.05) is 5.75 Å². The molecule has 0 saturated heterocycles. The van der Waals surface area contributed by atoms with Crippen molar-refractivity contribution in [1.29, 1.82) is 0 Å². The summed E-state index contributed by atoms with van der Waals surface area (Å²) in [5.41, 5.74) is 0.435. The molecule has 3 rings (SSSR count). The molecule has 2 aromatic heterocycles. The number of fused-ring (bicyclic) bond motifs is 1. The highest BCUT2D eigenvalue weighted by Gasteiger charge is 2.20. The van der Waals surface area contributed by atoms with Gasteiger partial charge in [0.2, 0.25) is 4.96 Å². The highest BCUT2D eigenvalue weighted by molar-refractivity contribution is 7.99. The van der Waals surface area contributed by atoms with Crippen molar-refractivity contribution in [2.24, 2.45) is 0 Å². The summed E-state index contributed by atoms with van der Waals surface area (Å²) in [6, 6.07) is 1.45. The van der Waals surface area contributed by atoms with E-state index in [1.165, 1.54) is 52.9 Å². The van der Waals surface area contributed by atoms with Crippen molar-refractivity contribution in [3.8, 4) is 0 Å². The summed E-state index contributed by atoms with van der Waals surface area (Å²) in [6.07, 6.45) is 6.00. The van der Waals surface area contributed by atoms with Crippen LogP contribution in [0.5, 0.6) is 0 Å². The van der Waals surface area contributed by atoms with Gasteiger partial charge in [0.05, 0.1) is 11.4 Å². The molecule has 1 aliphatic rings. The van der Waals surface area contributed by atoms with E-state index in [-0.39, 0.29) is 11.3 Å². The standard InChI is InChI=1S/C14H17N3O3S2/c18-11-6-10(7-21-8-12(19)20)15-14-17(11)16-13(22-14)9-4-2-1-3-5-9/h6,9H,1-5,7-8H2,(H,19,20). The van der Waals surface area contributed by atoms with Gasteiger partial charge in [-0.3, -0.25) is 9.59 Å². The van der Waals surface area contributed by atoms with Gasteiger partial charge in [-0.15, -0.1) is 11.8 Å². The van der Waals surface area contributed by atoms with Gasteiger partial charge < -0.3 is 5.11 Å². The number of carboxylic acids is 1. The van der Waals surface area contributed by atoms with Crippen LogP contribution in [0.15, 0.2) is 10.9 Å². The first-order valence-electron chi connectivity index (χ1n) is 7.33. The van der Waals surface area contributed by atoms with Crippen molar-refractivity contribution in [3.05, 3.63) is 27.1 Å². The molecule has 1 aliphatic carbocycles. The Hall–Kier alpha value is -1.41. The number of nitrogens with zero attached hydrogens (tertiary/aromatic N) is 3. The van der Waals surface area contributed by atoms with Crippen molar-refractivity contribution in [2.45, 2.75) is 43.8 Å². The van der Waals surface area contributed by atoms with E-state index in [1.54, 1.807) is 0 Å². The number of hydrogen-bond acceptors (Lipinski definition) is 6. The second-order valence-corrected chi connectivity index (χ2v) is 7.42. The molecular formula is C14H17N3O3S2. The molecule has 118 valence electrons. The van der Waals surface area contributed by atoms with E-state index in [2.05, 4.69) is 10.1 Å². The Kier molecular flexibility index (Phi) is 4.77. The van der Waals surface area contributed by atoms with Crippen molar-refractivity contribution >= 4 is 34.0 Å². The Bertz CT molecular complexity index is 734. The Morgan fingerprint density at radius 2 is 2.18 bits per heavy atom. The summed E-state index contributed by atoms with van der Waals surface area (Å²) in [6.45, 7) is 0. The number of rotatable bonds is 5. The maximum atomic E-state index is 12.1. The quantitative estimate of drug-likeness (QED) is 0.901. The van der Waals surface area contributed by atoms with Crippen LogP contribution in [0.3, 0.4) is 0 Å². The van der Waals surface area contributed by atoms with E-state index in [9.17, 15) is 9.59 Å². The Balaban J connectivity index is 1.83. The second kappa shape index (κ2) is 6.78. The maximum Gasteiger partial charge on any atom is 0.313 e. The zero-order valence-electron chi connectivity index (χ0n) is 12.0. The van der Waals surface area contributed by atoms with Crippen LogP contribution in [0.2, 0.25) is 0 Å². The van der Waals surface area contributed by atoms with Crippen molar-refractivity contribution in [3.63, 3.8) is 0 Å². The van der Waals surface area contributed by atoms with Gasteiger partial charge in [-0.25, -0.2) is 4.98 Å². The van der Waals surface area contributed by atoms with Crippen molar-refractivity contribution in [1.82, 2.24) is 14.6 Å². The summed E-state index contributed by atoms with van der Waals surface area (Å²) in [7, 11) is 0. The van der Waals surface area contributed by atoms with Crippen LogP contribution in [0.1, 0.15) is 48.7 Å². The maximum absolute atomic E-state index is 12.1. The number of aliphatic carboxylic acids is 1. The summed E-state index contributed by atoms with van der Waals surface area (Å²) in [4.78, 5) is 27.7. The lowest BCUT2D eigenvalue weighted by Crippen LogP contribution is -2.16. The number of carboxylic acid groups (broad SMARTS) is 1. The number of carbonyl (C=O) groups is 1. The molecule has 2 aromatic rings. The first kappa shape index (κ1) is 15.5. The zero-order chi connectivity index (χ0) is 15.5. The number of thioether (sulfide) groups is 1. The average molecular weight is 339 g/mol. The van der Waals surface area contributed by atoms with Gasteiger partial charge in [0.15, 0.2) is 0 Å². The highest BCUT2D eigenvalue weighted by Crippen LogP contribution is 2.34. The fraction of sp³-hybridized carbons (Fsp3) is 0.571. The van der Waals surface area contributed by atoms with Crippen LogP contribution < -0.4 is 5.56 Å². The number of aromatic nitrogens is 3. The summed E-state index contributed by atoms with van der Waals surface area (Å²) >= 11 is 2.73. The molecule has 8 heteroatoms. The number of hydrogen-bond donors (Lipinski definition) is 1. The SMILES string of the molecule is O=C(O)CSCc1cc(=O)n2nc(C3CCCCC3)sc2n1. The van der Waals surface area contributed by atoms with E-state index in [4.69, 9.17) is 5.11 Å². The van der Waals surface area contributed by atoms with Gasteiger partial charge in [0.25, 0.3) is 5.56 Å². The molecule has 2 heterocycles. The van der Waals surface area contributed by atoms with E-state index in [1.807, 2.05) is 0 Å². The topological polar surface area (TPSA) is 84.6 Å². The summed E-state index contributed by atoms with van der Waals surface area (Å²) in [5, 5.41) is 14.1. The Morgan fingerprint density at radius 3 is 2.91 bits per heavy atom. The lowest BCUT2D eigenvalue weighted by Gasteiger charge is -2.18. The monoisotopic (exact) mass is 339 g/mol. The largest absolute Gasteiger partial charge is 0.481 e. The third-order valence-electron chi connectivity index (χ3n) is 3.74. The van der Waals surface area contributed by atoms with Gasteiger partial charge >= 0.3 is 5.97 Å². The van der Waals surface area contributed by atoms with Gasteiger partial charge in [0, 0.05) is 17.7 Å². The molecule has 22 heavy (non-hydrogen) atoms. The predicted octanol–water partition coefficient (Wildman–Crippen LogP) is 2.52. The lowest BCUT2D eigenvalue weighted by molar-refractivity contribution is -0.133. The Morgan fingerprint density at radius 1 is 1.41 bits per heavy atom. The first-order valence-corrected chi connectivity index (χ1v) is 9.30. The average Bonchev–Trinajstić information content (AvgIpc) is 2.92. The van der Waals surface area contributed by atoms with Crippen LogP contribution in [-0.2, 0) is 10.5 Å². The van der Waals surface area contributed by atoms with E-state index >= 15 is 0 Å². The zero-order valence-corrected chi connectivity index (χ0v) is 13.7. The minimum Gasteiger partial charge on any atom is -0.481 e. The third kappa shape index (κ3) is 3.49. The molecule has 0 aromatic carbocycles. The van der Waals surface area contributed by atoms with Crippen molar-refractivity contribution < 1.29 is 9.90 Å². The van der Waals surface area contributed by atoms with Crippen LogP contribution >= 0.6 is 23.1 Å². The van der Waals surface area contributed by atoms with E-state index < -0.39 is 5.97 Å². The second-order valence-electron chi connectivity index (χ2n) is 5.44. The molecule has 6 nitrogen and oxygen atoms in total. The molecule has 1 fully saturated rings. The molecule has 1 N–H and O–H groups in total. The van der Waals surface area contributed by atoms with Crippen LogP contribution in [0.25, 0.3) is 4.96 Å². The van der Waals surface area contributed by atoms with Crippen LogP contribution in [0, 0.1) is 0 Å². The summed E-state index contributed by atoms with van der Waals surface area (Å²) < 4.78 is 1.37. The van der Waals surface area contributed by atoms with E-state index in [0.717, 1.165) is 17.8 Å². The minimum atomic E-state index is -0.861. The van der Waals surface area contributed by atoms with Crippen LogP contribution in [0.4, 0.5) is 0 Å². The Labute approximate surface area is 135 Å². The predicted molar refractivity (Wildman–Crippen MR) is 86.8 cm³/mol. The molecule has 1 saturated carbocycles. The molecule has 0 unspecified atom stereocenters. The van der Waals surface area contributed by atoms with Gasteiger partial charge in [-0.05, 0) is 12.8 Å². The molecule has 0 atom stereocenters. The van der Waals surface area contributed by atoms with Gasteiger partial charge in [0.1, 0.15) is 5.01 Å². The lowest BCUT2D eigenvalue weighted by atomic mass is 9.90. The highest BCUT2D eigenvalue weighted by atomic mass is 32.2. The van der Waals surface area contributed by atoms with Gasteiger partial charge in [-0.2, -0.15) is 9.61 Å². The van der Waals surface area contributed by atoms with Crippen LogP contribution in [-0.4, -0.2) is 31.4 Å². The normalized spacial score (nSPS) is 16.2. The molecule has 0 bridgehead atoms. The molecule has 0 amide bonds. The smallest absolute Gasteiger partial charge is 0.313 e. The molecular weight excluding hydrogens is 322 g/mol. The molecule has 0 spiro atoms. The fourth-order valence-electron chi connectivity index (χ4n) is 2.70. The molecule has 0 radical (unpaired) electrons. The van der Waals surface area contributed by atoms with E-state index in [0.29, 0.717) is 22.3 Å². The van der Waals surface area contributed by atoms with Gasteiger partial charge in [-0.1, -0.05) is 30.6 Å². The third-order valence-corrected chi connectivity index (χ3v) is 5.77. The minimum absolute atomic E-state index is 0.0110. The fourth-order valence-corrected chi connectivity index (χ4v) is 4.43.